The average Bonchev–Trinajstić information content (AvgIpc) is 2.86. The summed E-state index contributed by atoms with van der Waals surface area (Å²) in [4.78, 5) is 29.1. The van der Waals surface area contributed by atoms with E-state index in [2.05, 4.69) is 5.32 Å². The molecule has 1 atom stereocenters. The Morgan fingerprint density at radius 2 is 1.59 bits per heavy atom. The number of carbonyl (C=O) groups is 2. The van der Waals surface area contributed by atoms with Crippen molar-refractivity contribution < 1.29 is 18.0 Å². The quantitative estimate of drug-likeness (QED) is 0.356. The molecule has 208 valence electrons. The SMILES string of the molecule is Cc1ccc(C)c(N(CC(=O)N(Cc2ccccc2Cl)[C@H](Cc2ccccc2)C(=O)NC(C)C)S(C)(=O)=O)c1. The van der Waals surface area contributed by atoms with Gasteiger partial charge in [0.15, 0.2) is 0 Å². The van der Waals surface area contributed by atoms with Crippen LogP contribution in [-0.4, -0.2) is 50.0 Å². The van der Waals surface area contributed by atoms with Crippen molar-refractivity contribution in [2.75, 3.05) is 17.1 Å². The van der Waals surface area contributed by atoms with Gasteiger partial charge in [-0.05, 0) is 62.1 Å². The van der Waals surface area contributed by atoms with E-state index in [9.17, 15) is 18.0 Å². The Morgan fingerprint density at radius 1 is 0.949 bits per heavy atom. The zero-order valence-corrected chi connectivity index (χ0v) is 24.6. The maximum absolute atomic E-state index is 14.1. The van der Waals surface area contributed by atoms with Crippen LogP contribution < -0.4 is 9.62 Å². The molecule has 1 N–H and O–H groups in total. The van der Waals surface area contributed by atoms with Gasteiger partial charge in [-0.15, -0.1) is 0 Å². The molecule has 9 heteroatoms. The van der Waals surface area contributed by atoms with Gasteiger partial charge in [0, 0.05) is 24.0 Å². The number of halogens is 1. The number of amides is 2. The molecular formula is C30H36ClN3O4S. The molecule has 2 amide bonds. The van der Waals surface area contributed by atoms with Gasteiger partial charge in [-0.25, -0.2) is 8.42 Å². The first-order valence-corrected chi connectivity index (χ1v) is 15.0. The summed E-state index contributed by atoms with van der Waals surface area (Å²) in [7, 11) is -3.83. The fourth-order valence-electron chi connectivity index (χ4n) is 4.33. The third-order valence-corrected chi connectivity index (χ3v) is 7.81. The highest BCUT2D eigenvalue weighted by Gasteiger charge is 2.33. The van der Waals surface area contributed by atoms with Crippen molar-refractivity contribution >= 4 is 39.1 Å². The second-order valence-corrected chi connectivity index (χ2v) is 12.4. The largest absolute Gasteiger partial charge is 0.352 e. The molecule has 3 rings (SSSR count). The summed E-state index contributed by atoms with van der Waals surface area (Å²) < 4.78 is 27.0. The number of sulfonamides is 1. The third kappa shape index (κ3) is 8.31. The Morgan fingerprint density at radius 3 is 2.21 bits per heavy atom. The normalized spacial score (nSPS) is 12.2. The Kier molecular flexibility index (Phi) is 10.2. The van der Waals surface area contributed by atoms with Crippen molar-refractivity contribution in [3.63, 3.8) is 0 Å². The molecule has 3 aromatic rings. The van der Waals surface area contributed by atoms with Gasteiger partial charge in [-0.2, -0.15) is 0 Å². The summed E-state index contributed by atoms with van der Waals surface area (Å²) >= 11 is 6.47. The lowest BCUT2D eigenvalue weighted by atomic mass is 10.0. The van der Waals surface area contributed by atoms with Gasteiger partial charge in [0.1, 0.15) is 12.6 Å². The van der Waals surface area contributed by atoms with Crippen LogP contribution in [0.3, 0.4) is 0 Å². The third-order valence-electron chi connectivity index (χ3n) is 6.31. The predicted molar refractivity (Wildman–Crippen MR) is 157 cm³/mol. The fourth-order valence-corrected chi connectivity index (χ4v) is 5.42. The van der Waals surface area contributed by atoms with Crippen molar-refractivity contribution in [3.05, 3.63) is 100 Å². The highest BCUT2D eigenvalue weighted by atomic mass is 35.5. The van der Waals surface area contributed by atoms with Crippen molar-refractivity contribution in [3.8, 4) is 0 Å². The number of hydrogen-bond acceptors (Lipinski definition) is 4. The lowest BCUT2D eigenvalue weighted by Crippen LogP contribution is -2.54. The highest BCUT2D eigenvalue weighted by Crippen LogP contribution is 2.26. The molecule has 0 aromatic heterocycles. The topological polar surface area (TPSA) is 86.8 Å². The van der Waals surface area contributed by atoms with E-state index in [1.165, 1.54) is 4.90 Å². The van der Waals surface area contributed by atoms with Crippen LogP contribution in [0, 0.1) is 13.8 Å². The molecule has 0 saturated heterocycles. The van der Waals surface area contributed by atoms with Gasteiger partial charge in [-0.1, -0.05) is 72.3 Å². The minimum Gasteiger partial charge on any atom is -0.352 e. The number of nitrogens with one attached hydrogen (secondary N) is 1. The fraction of sp³-hybridized carbons (Fsp3) is 0.333. The lowest BCUT2D eigenvalue weighted by Gasteiger charge is -2.34. The molecule has 39 heavy (non-hydrogen) atoms. The maximum Gasteiger partial charge on any atom is 0.244 e. The van der Waals surface area contributed by atoms with E-state index in [1.807, 2.05) is 69.3 Å². The van der Waals surface area contributed by atoms with Crippen molar-refractivity contribution in [1.29, 1.82) is 0 Å². The lowest BCUT2D eigenvalue weighted by molar-refractivity contribution is -0.140. The predicted octanol–water partition coefficient (Wildman–Crippen LogP) is 4.89. The molecule has 0 aliphatic rings. The molecule has 0 aliphatic carbocycles. The number of rotatable bonds is 11. The minimum absolute atomic E-state index is 0.0337. The summed E-state index contributed by atoms with van der Waals surface area (Å²) in [6, 6.07) is 20.9. The Hall–Kier alpha value is -3.36. The first-order chi connectivity index (χ1) is 18.4. The number of anilines is 1. The standard InChI is InChI=1S/C30H36ClN3O4S/c1-21(2)32-30(36)28(18-24-11-7-6-8-12-24)33(19-25-13-9-10-14-26(25)31)29(35)20-34(39(5,37)38)27-17-22(3)15-16-23(27)4/h6-17,21,28H,18-20H2,1-5H3,(H,32,36)/t28-/m1/s1. The summed E-state index contributed by atoms with van der Waals surface area (Å²) in [5.74, 6) is -0.840. The molecule has 0 aliphatic heterocycles. The van der Waals surface area contributed by atoms with Crippen LogP contribution in [0.1, 0.15) is 36.1 Å². The average molecular weight is 570 g/mol. The Bertz CT molecular complexity index is 1410. The van der Waals surface area contributed by atoms with E-state index < -0.39 is 28.5 Å². The van der Waals surface area contributed by atoms with E-state index in [1.54, 1.807) is 31.2 Å². The van der Waals surface area contributed by atoms with E-state index in [-0.39, 0.29) is 24.9 Å². The summed E-state index contributed by atoms with van der Waals surface area (Å²) in [6.07, 6.45) is 1.32. The number of nitrogens with zero attached hydrogens (tertiary/aromatic N) is 2. The zero-order valence-electron chi connectivity index (χ0n) is 23.0. The van der Waals surface area contributed by atoms with Crippen molar-refractivity contribution in [1.82, 2.24) is 10.2 Å². The molecule has 0 fully saturated rings. The molecular weight excluding hydrogens is 534 g/mol. The summed E-state index contributed by atoms with van der Waals surface area (Å²) in [5, 5.41) is 3.38. The number of carbonyl (C=O) groups excluding carboxylic acids is 2. The Balaban J connectivity index is 2.09. The van der Waals surface area contributed by atoms with E-state index in [0.29, 0.717) is 16.3 Å². The van der Waals surface area contributed by atoms with E-state index >= 15 is 0 Å². The van der Waals surface area contributed by atoms with Crippen LogP contribution in [0.2, 0.25) is 5.02 Å². The molecule has 0 saturated carbocycles. The van der Waals surface area contributed by atoms with Crippen LogP contribution >= 0.6 is 11.6 Å². The molecule has 7 nitrogen and oxygen atoms in total. The van der Waals surface area contributed by atoms with Crippen molar-refractivity contribution in [2.45, 2.75) is 52.7 Å². The van der Waals surface area contributed by atoms with E-state index in [0.717, 1.165) is 27.3 Å². The molecule has 0 heterocycles. The van der Waals surface area contributed by atoms with E-state index in [4.69, 9.17) is 11.6 Å². The van der Waals surface area contributed by atoms with Gasteiger partial charge in [0.05, 0.1) is 11.9 Å². The number of hydrogen-bond donors (Lipinski definition) is 1. The van der Waals surface area contributed by atoms with Gasteiger partial charge >= 0.3 is 0 Å². The van der Waals surface area contributed by atoms with Gasteiger partial charge < -0.3 is 10.2 Å². The van der Waals surface area contributed by atoms with Crippen LogP contribution in [0.15, 0.2) is 72.8 Å². The summed E-state index contributed by atoms with van der Waals surface area (Å²) in [5.41, 5.74) is 3.53. The zero-order chi connectivity index (χ0) is 28.7. The number of aryl methyl sites for hydroxylation is 2. The first kappa shape index (κ1) is 30.2. The second kappa shape index (κ2) is 13.1. The van der Waals surface area contributed by atoms with Gasteiger partial charge in [-0.3, -0.25) is 13.9 Å². The molecule has 0 spiro atoms. The molecule has 3 aromatic carbocycles. The van der Waals surface area contributed by atoms with Gasteiger partial charge in [0.25, 0.3) is 0 Å². The molecule has 0 unspecified atom stereocenters. The highest BCUT2D eigenvalue weighted by molar-refractivity contribution is 7.92. The maximum atomic E-state index is 14.1. The molecule has 0 radical (unpaired) electrons. The monoisotopic (exact) mass is 569 g/mol. The molecule has 0 bridgehead atoms. The van der Waals surface area contributed by atoms with Crippen LogP contribution in [0.25, 0.3) is 0 Å². The number of benzene rings is 3. The second-order valence-electron chi connectivity index (χ2n) is 10.0. The van der Waals surface area contributed by atoms with Crippen LogP contribution in [0.4, 0.5) is 5.69 Å². The Labute approximate surface area is 236 Å². The summed E-state index contributed by atoms with van der Waals surface area (Å²) in [6.45, 7) is 6.93. The van der Waals surface area contributed by atoms with Crippen LogP contribution in [0.5, 0.6) is 0 Å². The van der Waals surface area contributed by atoms with Crippen LogP contribution in [-0.2, 0) is 32.6 Å². The van der Waals surface area contributed by atoms with Gasteiger partial charge in [0.2, 0.25) is 21.8 Å². The van der Waals surface area contributed by atoms with Crippen molar-refractivity contribution in [2.24, 2.45) is 0 Å². The smallest absolute Gasteiger partial charge is 0.244 e. The minimum atomic E-state index is -3.83. The first-order valence-electron chi connectivity index (χ1n) is 12.8.